The smallest absolute Gasteiger partial charge is 0.137 e. The highest BCUT2D eigenvalue weighted by Crippen LogP contribution is 2.45. The number of nitrogens with two attached hydrogens (primary N) is 1. The van der Waals surface area contributed by atoms with E-state index >= 15 is 0 Å². The van der Waals surface area contributed by atoms with Gasteiger partial charge in [-0.05, 0) is 49.1 Å². The summed E-state index contributed by atoms with van der Waals surface area (Å²) in [6.07, 6.45) is 7.21. The van der Waals surface area contributed by atoms with Gasteiger partial charge in [0.1, 0.15) is 5.75 Å². The number of hydrogen-bond acceptors (Lipinski definition) is 3. The molecule has 2 rings (SSSR count). The quantitative estimate of drug-likeness (QED) is 0.911. The average Bonchev–Trinajstić information content (AvgIpc) is 2.39. The van der Waals surface area contributed by atoms with Crippen LogP contribution in [0.4, 0.5) is 0 Å². The van der Waals surface area contributed by atoms with Crippen molar-refractivity contribution >= 4 is 0 Å². The molecule has 0 radical (unpaired) electrons. The summed E-state index contributed by atoms with van der Waals surface area (Å²) in [7, 11) is 0. The highest BCUT2D eigenvalue weighted by atomic mass is 16.5. The predicted molar refractivity (Wildman–Crippen MR) is 82.6 cm³/mol. The highest BCUT2D eigenvalue weighted by Gasteiger charge is 2.42. The van der Waals surface area contributed by atoms with Crippen molar-refractivity contribution in [2.24, 2.45) is 23.5 Å². The highest BCUT2D eigenvalue weighted by molar-refractivity contribution is 5.30. The van der Waals surface area contributed by atoms with Crippen molar-refractivity contribution in [3.63, 3.8) is 0 Å². The van der Waals surface area contributed by atoms with Crippen LogP contribution in [0.5, 0.6) is 5.75 Å². The van der Waals surface area contributed by atoms with Crippen LogP contribution in [0.25, 0.3) is 0 Å². The van der Waals surface area contributed by atoms with Crippen LogP contribution in [-0.4, -0.2) is 11.6 Å². The molecule has 0 aromatic carbocycles. The van der Waals surface area contributed by atoms with Crippen molar-refractivity contribution in [1.82, 2.24) is 4.98 Å². The fourth-order valence-corrected chi connectivity index (χ4v) is 3.73. The van der Waals surface area contributed by atoms with Crippen LogP contribution in [-0.2, 0) is 5.54 Å². The van der Waals surface area contributed by atoms with Crippen molar-refractivity contribution in [2.75, 3.05) is 6.61 Å². The summed E-state index contributed by atoms with van der Waals surface area (Å²) in [6.45, 7) is 9.51. The zero-order valence-electron chi connectivity index (χ0n) is 13.2. The zero-order valence-corrected chi connectivity index (χ0v) is 13.2. The van der Waals surface area contributed by atoms with E-state index in [1.54, 1.807) is 6.20 Å². The average molecular weight is 276 g/mol. The lowest BCUT2D eigenvalue weighted by Gasteiger charge is -2.46. The van der Waals surface area contributed by atoms with E-state index in [1.807, 2.05) is 13.1 Å². The minimum atomic E-state index is -0.272. The lowest BCUT2D eigenvalue weighted by molar-refractivity contribution is 0.108. The number of ether oxygens (including phenoxy) is 1. The number of pyridine rings is 1. The fourth-order valence-electron chi connectivity index (χ4n) is 3.73. The summed E-state index contributed by atoms with van der Waals surface area (Å²) in [5.74, 6) is 2.60. The Balaban J connectivity index is 2.36. The van der Waals surface area contributed by atoms with Crippen LogP contribution >= 0.6 is 0 Å². The summed E-state index contributed by atoms with van der Waals surface area (Å²) in [4.78, 5) is 4.34. The van der Waals surface area contributed by atoms with E-state index in [9.17, 15) is 0 Å². The third-order valence-electron chi connectivity index (χ3n) is 4.68. The second kappa shape index (κ2) is 6.13. The van der Waals surface area contributed by atoms with E-state index in [0.717, 1.165) is 17.7 Å². The number of nitrogens with zero attached hydrogens (tertiary/aromatic N) is 1. The van der Waals surface area contributed by atoms with E-state index in [2.05, 4.69) is 31.8 Å². The van der Waals surface area contributed by atoms with E-state index in [4.69, 9.17) is 10.5 Å². The molecule has 1 aliphatic carbocycles. The van der Waals surface area contributed by atoms with E-state index in [0.29, 0.717) is 24.4 Å². The lowest BCUT2D eigenvalue weighted by Crippen LogP contribution is -2.50. The van der Waals surface area contributed by atoms with Crippen molar-refractivity contribution in [2.45, 2.75) is 52.5 Å². The molecule has 3 heteroatoms. The van der Waals surface area contributed by atoms with Crippen molar-refractivity contribution < 1.29 is 4.74 Å². The van der Waals surface area contributed by atoms with Crippen LogP contribution in [0.15, 0.2) is 18.5 Å². The first kappa shape index (κ1) is 15.3. The molecule has 0 bridgehead atoms. The van der Waals surface area contributed by atoms with Gasteiger partial charge in [-0.2, -0.15) is 0 Å². The largest absolute Gasteiger partial charge is 0.492 e. The van der Waals surface area contributed by atoms with Gasteiger partial charge in [-0.1, -0.05) is 27.2 Å². The lowest BCUT2D eigenvalue weighted by atomic mass is 9.63. The summed E-state index contributed by atoms with van der Waals surface area (Å²) in [5.41, 5.74) is 7.75. The van der Waals surface area contributed by atoms with Gasteiger partial charge < -0.3 is 10.5 Å². The summed E-state index contributed by atoms with van der Waals surface area (Å²) >= 11 is 0. The van der Waals surface area contributed by atoms with E-state index in [1.165, 1.54) is 12.8 Å². The molecule has 0 saturated heterocycles. The van der Waals surface area contributed by atoms with Gasteiger partial charge in [0.25, 0.3) is 0 Å². The molecule has 0 aliphatic heterocycles. The molecule has 1 aromatic rings. The molecular formula is C17H28N2O. The Morgan fingerprint density at radius 2 is 2.15 bits per heavy atom. The van der Waals surface area contributed by atoms with Crippen LogP contribution in [0.3, 0.4) is 0 Å². The molecule has 0 spiro atoms. The summed E-state index contributed by atoms with van der Waals surface area (Å²) in [6, 6.07) is 2.09. The molecule has 3 atom stereocenters. The Morgan fingerprint density at radius 1 is 1.40 bits per heavy atom. The molecule has 1 aromatic heterocycles. The Bertz CT molecular complexity index is 446. The van der Waals surface area contributed by atoms with Crippen LogP contribution in [0, 0.1) is 17.8 Å². The van der Waals surface area contributed by atoms with Crippen LogP contribution in [0.1, 0.15) is 52.5 Å². The second-order valence-corrected chi connectivity index (χ2v) is 6.62. The number of rotatable bonds is 4. The first-order valence-electron chi connectivity index (χ1n) is 7.84. The van der Waals surface area contributed by atoms with Gasteiger partial charge in [0.15, 0.2) is 0 Å². The Labute approximate surface area is 122 Å². The Hall–Kier alpha value is -1.09. The van der Waals surface area contributed by atoms with Gasteiger partial charge in [0.05, 0.1) is 12.8 Å². The van der Waals surface area contributed by atoms with Crippen molar-refractivity contribution in [3.05, 3.63) is 24.0 Å². The molecule has 2 N–H and O–H groups in total. The van der Waals surface area contributed by atoms with Gasteiger partial charge in [0, 0.05) is 11.7 Å². The number of aromatic nitrogens is 1. The molecule has 3 nitrogen and oxygen atoms in total. The van der Waals surface area contributed by atoms with Crippen LogP contribution < -0.4 is 10.5 Å². The third-order valence-corrected chi connectivity index (χ3v) is 4.68. The maximum atomic E-state index is 6.89. The molecular weight excluding hydrogens is 248 g/mol. The van der Waals surface area contributed by atoms with E-state index in [-0.39, 0.29) is 5.54 Å². The van der Waals surface area contributed by atoms with E-state index < -0.39 is 0 Å². The van der Waals surface area contributed by atoms with Gasteiger partial charge >= 0.3 is 0 Å². The van der Waals surface area contributed by atoms with Crippen molar-refractivity contribution in [1.29, 1.82) is 0 Å². The first-order valence-corrected chi connectivity index (χ1v) is 7.84. The van der Waals surface area contributed by atoms with Gasteiger partial charge in [-0.3, -0.25) is 4.98 Å². The molecule has 112 valence electrons. The monoisotopic (exact) mass is 276 g/mol. The maximum absolute atomic E-state index is 6.89. The normalized spacial score (nSPS) is 30.5. The zero-order chi connectivity index (χ0) is 14.8. The topological polar surface area (TPSA) is 48.1 Å². The van der Waals surface area contributed by atoms with Crippen LogP contribution in [0.2, 0.25) is 0 Å². The molecule has 1 heterocycles. The van der Waals surface area contributed by atoms with Gasteiger partial charge in [-0.15, -0.1) is 0 Å². The molecule has 20 heavy (non-hydrogen) atoms. The summed E-state index contributed by atoms with van der Waals surface area (Å²) < 4.78 is 5.59. The molecule has 1 aliphatic rings. The minimum absolute atomic E-state index is 0.272. The fraction of sp³-hybridized carbons (Fsp3) is 0.706. The first-order chi connectivity index (χ1) is 9.47. The van der Waals surface area contributed by atoms with Gasteiger partial charge in [-0.25, -0.2) is 0 Å². The molecule has 3 unspecified atom stereocenters. The minimum Gasteiger partial charge on any atom is -0.492 e. The standard InChI is InChI=1S/C17H28N2O/c1-5-20-15-8-14(10-19-11-15)17(18)9-13(4)6-7-16(17)12(2)3/h8,10-13,16H,5-7,9,18H2,1-4H3. The molecule has 1 saturated carbocycles. The Morgan fingerprint density at radius 3 is 2.80 bits per heavy atom. The third kappa shape index (κ3) is 2.98. The number of hydrogen-bond donors (Lipinski definition) is 1. The van der Waals surface area contributed by atoms with Crippen molar-refractivity contribution in [3.8, 4) is 5.75 Å². The Kier molecular flexibility index (Phi) is 4.69. The molecule has 0 amide bonds. The predicted octanol–water partition coefficient (Wildman–Crippen LogP) is 3.73. The molecule has 1 fully saturated rings. The maximum Gasteiger partial charge on any atom is 0.137 e. The SMILES string of the molecule is CCOc1cncc(C2(N)CC(C)CCC2C(C)C)c1. The second-order valence-electron chi connectivity index (χ2n) is 6.62. The summed E-state index contributed by atoms with van der Waals surface area (Å²) in [5, 5.41) is 0. The van der Waals surface area contributed by atoms with Gasteiger partial charge in [0.2, 0.25) is 0 Å².